The van der Waals surface area contributed by atoms with Gasteiger partial charge in [-0.25, -0.2) is 9.78 Å². The summed E-state index contributed by atoms with van der Waals surface area (Å²) in [6, 6.07) is -1.60. The maximum atomic E-state index is 12.3. The largest absolute Gasteiger partial charge is 0.458 e. The van der Waals surface area contributed by atoms with Gasteiger partial charge in [0, 0.05) is 12.6 Å². The zero-order chi connectivity index (χ0) is 19.2. The Balaban J connectivity index is 2.73. The Morgan fingerprint density at radius 3 is 2.52 bits per heavy atom. The summed E-state index contributed by atoms with van der Waals surface area (Å²) < 4.78 is 5.20. The molecule has 1 aromatic rings. The van der Waals surface area contributed by atoms with E-state index in [9.17, 15) is 14.7 Å². The van der Waals surface area contributed by atoms with Crippen molar-refractivity contribution < 1.29 is 19.4 Å². The minimum absolute atomic E-state index is 0.157. The molecule has 0 saturated heterocycles. The van der Waals surface area contributed by atoms with Crippen LogP contribution in [0.25, 0.3) is 0 Å². The van der Waals surface area contributed by atoms with Crippen LogP contribution in [0.2, 0.25) is 0 Å². The predicted molar refractivity (Wildman–Crippen MR) is 93.5 cm³/mol. The Labute approximate surface area is 148 Å². The lowest BCUT2D eigenvalue weighted by atomic mass is 9.98. The number of rotatable bonds is 8. The molecule has 0 bridgehead atoms. The first-order valence-electron chi connectivity index (χ1n) is 8.44. The van der Waals surface area contributed by atoms with E-state index in [4.69, 9.17) is 10.5 Å². The molecule has 0 spiro atoms. The molecule has 8 nitrogen and oxygen atoms in total. The second-order valence-electron chi connectivity index (χ2n) is 7.59. The van der Waals surface area contributed by atoms with E-state index in [1.807, 2.05) is 13.8 Å². The molecule has 25 heavy (non-hydrogen) atoms. The molecule has 1 amide bonds. The van der Waals surface area contributed by atoms with Crippen molar-refractivity contribution in [1.82, 2.24) is 15.3 Å². The van der Waals surface area contributed by atoms with Crippen molar-refractivity contribution in [3.63, 3.8) is 0 Å². The van der Waals surface area contributed by atoms with Gasteiger partial charge in [0.05, 0.1) is 24.1 Å². The molecule has 0 aliphatic carbocycles. The molecule has 0 fully saturated rings. The number of nitrogens with two attached hydrogens (primary N) is 1. The van der Waals surface area contributed by atoms with Crippen molar-refractivity contribution in [3.8, 4) is 0 Å². The standard InChI is InChI=1S/C17H30N4O4/c1-10(2)6-13(14(22)16(24)25-17(3,4)5)21-15(23)12(18)7-11-8-19-9-20-11/h8-10,12-14,22H,6-7,18H2,1-5H3,(H,19,20)(H,21,23)/t12-,13-,14?/m0/s1. The Hall–Kier alpha value is -1.93. The topological polar surface area (TPSA) is 130 Å². The van der Waals surface area contributed by atoms with Gasteiger partial charge >= 0.3 is 5.97 Å². The highest BCUT2D eigenvalue weighted by molar-refractivity contribution is 5.83. The summed E-state index contributed by atoms with van der Waals surface area (Å²) in [4.78, 5) is 31.3. The molecule has 142 valence electrons. The predicted octanol–water partition coefficient (Wildman–Crippen LogP) is 0.513. The third kappa shape index (κ3) is 7.66. The van der Waals surface area contributed by atoms with Crippen molar-refractivity contribution in [3.05, 3.63) is 18.2 Å². The Bertz CT molecular complexity index is 551. The maximum absolute atomic E-state index is 12.3. The van der Waals surface area contributed by atoms with Gasteiger partial charge in [0.15, 0.2) is 6.10 Å². The molecule has 0 aromatic carbocycles. The summed E-state index contributed by atoms with van der Waals surface area (Å²) in [7, 11) is 0. The van der Waals surface area contributed by atoms with E-state index >= 15 is 0 Å². The van der Waals surface area contributed by atoms with Gasteiger partial charge < -0.3 is 25.9 Å². The summed E-state index contributed by atoms with van der Waals surface area (Å²) in [5, 5.41) is 13.0. The number of imidazole rings is 1. The van der Waals surface area contributed by atoms with Crippen LogP contribution in [-0.4, -0.2) is 50.7 Å². The van der Waals surface area contributed by atoms with Gasteiger partial charge in [-0.1, -0.05) is 13.8 Å². The van der Waals surface area contributed by atoms with Crippen molar-refractivity contribution in [2.45, 2.75) is 71.2 Å². The van der Waals surface area contributed by atoms with E-state index in [0.29, 0.717) is 12.1 Å². The first-order valence-corrected chi connectivity index (χ1v) is 8.44. The molecule has 1 rings (SSSR count). The van der Waals surface area contributed by atoms with E-state index in [0.717, 1.165) is 0 Å². The summed E-state index contributed by atoms with van der Waals surface area (Å²) in [6.07, 6.45) is 2.39. The van der Waals surface area contributed by atoms with Crippen LogP contribution in [0, 0.1) is 5.92 Å². The third-order valence-electron chi connectivity index (χ3n) is 3.40. The molecule has 8 heteroatoms. The summed E-state index contributed by atoms with van der Waals surface area (Å²) in [6.45, 7) is 9.02. The maximum Gasteiger partial charge on any atom is 0.337 e. The lowest BCUT2D eigenvalue weighted by Crippen LogP contribution is -2.53. The van der Waals surface area contributed by atoms with Crippen LogP contribution in [0.4, 0.5) is 0 Å². The second-order valence-corrected chi connectivity index (χ2v) is 7.59. The van der Waals surface area contributed by atoms with Crippen LogP contribution in [0.1, 0.15) is 46.7 Å². The number of hydrogen-bond acceptors (Lipinski definition) is 6. The number of ether oxygens (including phenoxy) is 1. The van der Waals surface area contributed by atoms with E-state index in [1.165, 1.54) is 6.33 Å². The van der Waals surface area contributed by atoms with Crippen molar-refractivity contribution in [1.29, 1.82) is 0 Å². The van der Waals surface area contributed by atoms with Crippen LogP contribution in [0.3, 0.4) is 0 Å². The smallest absolute Gasteiger partial charge is 0.337 e. The minimum Gasteiger partial charge on any atom is -0.458 e. The van der Waals surface area contributed by atoms with Crippen LogP contribution in [0.15, 0.2) is 12.5 Å². The van der Waals surface area contributed by atoms with E-state index < -0.39 is 35.7 Å². The van der Waals surface area contributed by atoms with Crippen molar-refractivity contribution >= 4 is 11.9 Å². The van der Waals surface area contributed by atoms with Crippen LogP contribution in [-0.2, 0) is 20.7 Å². The number of nitrogens with one attached hydrogen (secondary N) is 2. The third-order valence-corrected chi connectivity index (χ3v) is 3.40. The monoisotopic (exact) mass is 354 g/mol. The number of aromatic nitrogens is 2. The van der Waals surface area contributed by atoms with Gasteiger partial charge in [-0.2, -0.15) is 0 Å². The molecular formula is C17H30N4O4. The lowest BCUT2D eigenvalue weighted by molar-refractivity contribution is -0.167. The first-order chi connectivity index (χ1) is 11.5. The van der Waals surface area contributed by atoms with E-state index in [1.54, 1.807) is 27.0 Å². The number of hydrogen-bond donors (Lipinski definition) is 4. The van der Waals surface area contributed by atoms with E-state index in [2.05, 4.69) is 15.3 Å². The highest BCUT2D eigenvalue weighted by Gasteiger charge is 2.33. The molecule has 0 aliphatic heterocycles. The molecule has 3 atom stereocenters. The average Bonchev–Trinajstić information content (AvgIpc) is 2.96. The average molecular weight is 354 g/mol. The molecule has 1 unspecified atom stereocenters. The van der Waals surface area contributed by atoms with Gasteiger partial charge in [-0.05, 0) is 33.1 Å². The second kappa shape index (κ2) is 8.96. The number of carbonyl (C=O) groups excluding carboxylic acids is 2. The fourth-order valence-corrected chi connectivity index (χ4v) is 2.31. The van der Waals surface area contributed by atoms with Crippen LogP contribution < -0.4 is 11.1 Å². The molecule has 0 saturated carbocycles. The molecular weight excluding hydrogens is 324 g/mol. The highest BCUT2D eigenvalue weighted by atomic mass is 16.6. The first kappa shape index (κ1) is 21.1. The zero-order valence-corrected chi connectivity index (χ0v) is 15.6. The number of nitrogens with zero attached hydrogens (tertiary/aromatic N) is 1. The Morgan fingerprint density at radius 1 is 1.40 bits per heavy atom. The summed E-state index contributed by atoms with van der Waals surface area (Å²) in [5.41, 5.74) is 5.84. The van der Waals surface area contributed by atoms with Gasteiger partial charge in [-0.3, -0.25) is 4.79 Å². The number of esters is 1. The van der Waals surface area contributed by atoms with Crippen molar-refractivity contribution in [2.75, 3.05) is 0 Å². The number of aliphatic hydroxyl groups is 1. The number of aliphatic hydroxyl groups excluding tert-OH is 1. The van der Waals surface area contributed by atoms with Gasteiger partial charge in [-0.15, -0.1) is 0 Å². The number of aromatic amines is 1. The molecule has 1 heterocycles. The summed E-state index contributed by atoms with van der Waals surface area (Å²) in [5.74, 6) is -1.06. The lowest BCUT2D eigenvalue weighted by Gasteiger charge is -2.28. The molecule has 5 N–H and O–H groups in total. The number of H-pyrrole nitrogens is 1. The molecule has 1 aromatic heterocycles. The zero-order valence-electron chi connectivity index (χ0n) is 15.6. The van der Waals surface area contributed by atoms with Gasteiger partial charge in [0.25, 0.3) is 0 Å². The summed E-state index contributed by atoms with van der Waals surface area (Å²) >= 11 is 0. The molecule has 0 radical (unpaired) electrons. The van der Waals surface area contributed by atoms with Gasteiger partial charge in [0.1, 0.15) is 5.60 Å². The van der Waals surface area contributed by atoms with Gasteiger partial charge in [0.2, 0.25) is 5.91 Å². The fourth-order valence-electron chi connectivity index (χ4n) is 2.31. The highest BCUT2D eigenvalue weighted by Crippen LogP contribution is 2.14. The SMILES string of the molecule is CC(C)C[C@H](NC(=O)[C@@H](N)Cc1c[nH]cn1)C(O)C(=O)OC(C)(C)C. The van der Waals surface area contributed by atoms with Crippen LogP contribution >= 0.6 is 0 Å². The minimum atomic E-state index is -1.46. The fraction of sp³-hybridized carbons (Fsp3) is 0.706. The Kier molecular flexibility index (Phi) is 7.57. The molecule has 0 aliphatic rings. The van der Waals surface area contributed by atoms with Crippen LogP contribution in [0.5, 0.6) is 0 Å². The normalized spacial score (nSPS) is 15.5. The quantitative estimate of drug-likeness (QED) is 0.503. The number of amides is 1. The Morgan fingerprint density at radius 2 is 2.04 bits per heavy atom. The van der Waals surface area contributed by atoms with E-state index in [-0.39, 0.29) is 12.3 Å². The van der Waals surface area contributed by atoms with Crippen molar-refractivity contribution in [2.24, 2.45) is 11.7 Å². The number of carbonyl (C=O) groups is 2.